The number of rotatable bonds is 2. The van der Waals surface area contributed by atoms with Crippen LogP contribution in [0.5, 0.6) is 0 Å². The molecule has 1 aromatic carbocycles. The minimum absolute atomic E-state index is 0.308. The molecule has 0 aliphatic rings. The summed E-state index contributed by atoms with van der Waals surface area (Å²) >= 11 is 0. The van der Waals surface area contributed by atoms with Crippen molar-refractivity contribution in [3.63, 3.8) is 0 Å². The third-order valence-electron chi connectivity index (χ3n) is 2.46. The molecule has 5 nitrogen and oxygen atoms in total. The second-order valence-electron chi connectivity index (χ2n) is 3.84. The quantitative estimate of drug-likeness (QED) is 0.654. The summed E-state index contributed by atoms with van der Waals surface area (Å²) in [5, 5.41) is 10.6. The second-order valence-corrected chi connectivity index (χ2v) is 3.84. The lowest BCUT2D eigenvalue weighted by Crippen LogP contribution is -2.05. The molecule has 0 saturated heterocycles. The van der Waals surface area contributed by atoms with Crippen LogP contribution in [0, 0.1) is 22.9 Å². The molecule has 0 amide bonds. The van der Waals surface area contributed by atoms with E-state index < -0.39 is 16.4 Å². The Labute approximate surface area is 101 Å². The van der Waals surface area contributed by atoms with Gasteiger partial charge in [0, 0.05) is 17.8 Å². The first-order chi connectivity index (χ1) is 8.47. The molecule has 1 heterocycles. The fraction of sp³-hybridized carbons (Fsp3) is 0.0833. The van der Waals surface area contributed by atoms with E-state index in [4.69, 9.17) is 0 Å². The van der Waals surface area contributed by atoms with Gasteiger partial charge in [-0.3, -0.25) is 14.9 Å². The molecule has 0 aliphatic carbocycles. The lowest BCUT2D eigenvalue weighted by molar-refractivity contribution is -0.387. The van der Waals surface area contributed by atoms with Gasteiger partial charge in [-0.25, -0.2) is 0 Å². The van der Waals surface area contributed by atoms with Gasteiger partial charge >= 0.3 is 5.69 Å². The van der Waals surface area contributed by atoms with E-state index in [2.05, 4.69) is 4.98 Å². The highest BCUT2D eigenvalue weighted by Crippen LogP contribution is 2.25. The normalized spacial score (nSPS) is 10.3. The summed E-state index contributed by atoms with van der Waals surface area (Å²) in [6, 6.07) is 6.51. The highest BCUT2D eigenvalue weighted by Gasteiger charge is 2.15. The molecule has 0 spiro atoms. The van der Waals surface area contributed by atoms with Crippen molar-refractivity contribution in [1.82, 2.24) is 4.98 Å². The number of aryl methyl sites for hydroxylation is 1. The maximum absolute atomic E-state index is 13.2. The minimum Gasteiger partial charge on any atom is -0.326 e. The number of aromatic nitrogens is 1. The van der Waals surface area contributed by atoms with Gasteiger partial charge in [-0.1, -0.05) is 6.07 Å². The van der Waals surface area contributed by atoms with Crippen molar-refractivity contribution in [3.05, 3.63) is 62.3 Å². The third-order valence-corrected chi connectivity index (χ3v) is 2.46. The maximum atomic E-state index is 13.2. The number of nitro groups is 1. The largest absolute Gasteiger partial charge is 0.326 e. The monoisotopic (exact) mass is 248 g/mol. The van der Waals surface area contributed by atoms with E-state index in [1.165, 1.54) is 12.1 Å². The summed E-state index contributed by atoms with van der Waals surface area (Å²) in [4.78, 5) is 23.7. The zero-order chi connectivity index (χ0) is 13.3. The van der Waals surface area contributed by atoms with Crippen molar-refractivity contribution in [2.24, 2.45) is 0 Å². The summed E-state index contributed by atoms with van der Waals surface area (Å²) in [6.07, 6.45) is 0. The van der Waals surface area contributed by atoms with Crippen molar-refractivity contribution in [2.75, 3.05) is 0 Å². The summed E-state index contributed by atoms with van der Waals surface area (Å²) in [5.74, 6) is -0.898. The van der Waals surface area contributed by atoms with Crippen LogP contribution in [0.25, 0.3) is 11.1 Å². The van der Waals surface area contributed by atoms with Crippen LogP contribution in [-0.2, 0) is 0 Å². The van der Waals surface area contributed by atoms with Crippen molar-refractivity contribution >= 4 is 5.69 Å². The van der Waals surface area contributed by atoms with E-state index in [1.807, 2.05) is 0 Å². The number of aromatic amines is 1. The smallest absolute Gasteiger partial charge is 0.305 e. The average molecular weight is 248 g/mol. The van der Waals surface area contributed by atoms with Crippen molar-refractivity contribution in [3.8, 4) is 11.1 Å². The first-order valence-electron chi connectivity index (χ1n) is 5.12. The Balaban J connectivity index is 2.61. The van der Waals surface area contributed by atoms with Gasteiger partial charge in [0.1, 0.15) is 0 Å². The lowest BCUT2D eigenvalue weighted by atomic mass is 10.1. The van der Waals surface area contributed by atoms with Crippen LogP contribution in [0.15, 0.2) is 35.1 Å². The van der Waals surface area contributed by atoms with Gasteiger partial charge in [-0.15, -0.1) is 0 Å². The Hall–Kier alpha value is -2.50. The van der Waals surface area contributed by atoms with Crippen molar-refractivity contribution in [2.45, 2.75) is 6.92 Å². The van der Waals surface area contributed by atoms with Crippen molar-refractivity contribution in [1.29, 1.82) is 0 Å². The van der Waals surface area contributed by atoms with Crippen LogP contribution >= 0.6 is 0 Å². The van der Waals surface area contributed by atoms with E-state index in [0.717, 1.165) is 12.1 Å². The van der Waals surface area contributed by atoms with Crippen molar-refractivity contribution < 1.29 is 9.31 Å². The van der Waals surface area contributed by atoms with Crippen LogP contribution in [0.1, 0.15) is 5.69 Å². The van der Waals surface area contributed by atoms with Gasteiger partial charge in [0.2, 0.25) is 11.4 Å². The second kappa shape index (κ2) is 4.40. The molecule has 0 fully saturated rings. The van der Waals surface area contributed by atoms with E-state index in [9.17, 15) is 19.3 Å². The predicted octanol–water partition coefficient (Wildman–Crippen LogP) is 2.40. The molecular weight excluding hydrogens is 239 g/mol. The summed E-state index contributed by atoms with van der Waals surface area (Å²) in [6.45, 7) is 1.70. The topological polar surface area (TPSA) is 76.0 Å². The first-order valence-corrected chi connectivity index (χ1v) is 5.12. The average Bonchev–Trinajstić information content (AvgIpc) is 2.27. The molecule has 0 unspecified atom stereocenters. The SMILES string of the molecule is Cc1cc(-c2ccc(F)c([N+](=O)[O-])c2)cc(=O)[nH]1. The van der Waals surface area contributed by atoms with E-state index in [-0.39, 0.29) is 5.56 Å². The highest BCUT2D eigenvalue weighted by atomic mass is 19.1. The Morgan fingerprint density at radius 2 is 1.94 bits per heavy atom. The van der Waals surface area contributed by atoms with Gasteiger partial charge in [0.05, 0.1) is 4.92 Å². The van der Waals surface area contributed by atoms with Crippen LogP contribution in [0.4, 0.5) is 10.1 Å². The number of pyridine rings is 1. The van der Waals surface area contributed by atoms with Crippen LogP contribution < -0.4 is 5.56 Å². The number of nitrogens with one attached hydrogen (secondary N) is 1. The van der Waals surface area contributed by atoms with Gasteiger partial charge in [-0.05, 0) is 30.2 Å². The third kappa shape index (κ3) is 2.27. The van der Waals surface area contributed by atoms with Gasteiger partial charge in [0.15, 0.2) is 0 Å². The zero-order valence-corrected chi connectivity index (χ0v) is 9.44. The summed E-state index contributed by atoms with van der Waals surface area (Å²) in [7, 11) is 0. The molecule has 6 heteroatoms. The first kappa shape index (κ1) is 12.0. The molecule has 0 bridgehead atoms. The summed E-state index contributed by atoms with van der Waals surface area (Å²) in [5.41, 5.74) is 0.656. The summed E-state index contributed by atoms with van der Waals surface area (Å²) < 4.78 is 13.2. The number of halogens is 1. The minimum atomic E-state index is -0.898. The van der Waals surface area contributed by atoms with Gasteiger partial charge in [-0.2, -0.15) is 4.39 Å². The number of benzene rings is 1. The predicted molar refractivity (Wildman–Crippen MR) is 63.8 cm³/mol. The van der Waals surface area contributed by atoms with Crippen LogP contribution in [0.2, 0.25) is 0 Å². The Morgan fingerprint density at radius 1 is 1.22 bits per heavy atom. The molecule has 2 rings (SSSR count). The fourth-order valence-electron chi connectivity index (χ4n) is 1.68. The molecule has 92 valence electrons. The van der Waals surface area contributed by atoms with Crippen LogP contribution in [-0.4, -0.2) is 9.91 Å². The molecule has 2 aromatic rings. The maximum Gasteiger partial charge on any atom is 0.305 e. The van der Waals surface area contributed by atoms with E-state index >= 15 is 0 Å². The molecule has 18 heavy (non-hydrogen) atoms. The fourth-order valence-corrected chi connectivity index (χ4v) is 1.68. The molecule has 1 aromatic heterocycles. The van der Waals surface area contributed by atoms with E-state index in [1.54, 1.807) is 13.0 Å². The number of hydrogen-bond donors (Lipinski definition) is 1. The lowest BCUT2D eigenvalue weighted by Gasteiger charge is -2.03. The standard InChI is InChI=1S/C12H9FN2O3/c1-7-4-9(6-12(16)14-7)8-2-3-10(13)11(5-8)15(17)18/h2-6H,1H3,(H,14,16). The molecule has 0 atom stereocenters. The highest BCUT2D eigenvalue weighted by molar-refractivity contribution is 5.66. The number of nitrogens with zero attached hydrogens (tertiary/aromatic N) is 1. The number of nitro benzene ring substituents is 1. The molecule has 1 N–H and O–H groups in total. The van der Waals surface area contributed by atoms with Crippen LogP contribution in [0.3, 0.4) is 0 Å². The van der Waals surface area contributed by atoms with Gasteiger partial charge in [0.25, 0.3) is 0 Å². The Morgan fingerprint density at radius 3 is 2.56 bits per heavy atom. The number of H-pyrrole nitrogens is 1. The Kier molecular flexibility index (Phi) is 2.93. The van der Waals surface area contributed by atoms with E-state index in [0.29, 0.717) is 16.8 Å². The van der Waals surface area contributed by atoms with Gasteiger partial charge < -0.3 is 4.98 Å². The zero-order valence-electron chi connectivity index (χ0n) is 9.44. The molecule has 0 radical (unpaired) electrons. The number of hydrogen-bond acceptors (Lipinski definition) is 3. The Bertz CT molecular complexity index is 679. The molecule has 0 aliphatic heterocycles. The molecular formula is C12H9FN2O3. The molecule has 0 saturated carbocycles.